The fourth-order valence-corrected chi connectivity index (χ4v) is 1.48. The van der Waals surface area contributed by atoms with Crippen molar-refractivity contribution in [1.82, 2.24) is 5.32 Å². The van der Waals surface area contributed by atoms with Gasteiger partial charge < -0.3 is 16.2 Å². The summed E-state index contributed by atoms with van der Waals surface area (Å²) >= 11 is 3.94. The van der Waals surface area contributed by atoms with E-state index in [1.165, 1.54) is 0 Å². The lowest BCUT2D eigenvalue weighted by molar-refractivity contribution is -0.142. The van der Waals surface area contributed by atoms with Gasteiger partial charge in [0, 0.05) is 0 Å². The highest BCUT2D eigenvalue weighted by atomic mass is 32.1. The Balaban J connectivity index is 4.12. The first-order chi connectivity index (χ1) is 7.52. The summed E-state index contributed by atoms with van der Waals surface area (Å²) in [5.74, 6) is -1.05. The van der Waals surface area contributed by atoms with Crippen LogP contribution in [0.1, 0.15) is 32.6 Å². The predicted octanol–water partition coefficient (Wildman–Crippen LogP) is 0.393. The van der Waals surface area contributed by atoms with Gasteiger partial charge in [-0.1, -0.05) is 19.8 Å². The summed E-state index contributed by atoms with van der Waals surface area (Å²) in [5, 5.41) is 11.2. The molecule has 0 aliphatic rings. The highest BCUT2D eigenvalue weighted by Gasteiger charge is 2.21. The number of rotatable bonds is 8. The van der Waals surface area contributed by atoms with Crippen LogP contribution in [-0.4, -0.2) is 34.8 Å². The maximum Gasteiger partial charge on any atom is 0.326 e. The Hall–Kier alpha value is -0.750. The molecule has 0 saturated heterocycles. The van der Waals surface area contributed by atoms with E-state index in [-0.39, 0.29) is 0 Å². The second-order valence-electron chi connectivity index (χ2n) is 3.66. The fraction of sp³-hybridized carbons (Fsp3) is 0.800. The van der Waals surface area contributed by atoms with Crippen LogP contribution in [-0.2, 0) is 9.59 Å². The molecule has 0 radical (unpaired) electrons. The molecule has 0 rings (SSSR count). The number of nitrogens with one attached hydrogen (secondary N) is 1. The van der Waals surface area contributed by atoms with Gasteiger partial charge in [-0.3, -0.25) is 4.79 Å². The molecule has 16 heavy (non-hydrogen) atoms. The van der Waals surface area contributed by atoms with Gasteiger partial charge in [0.25, 0.3) is 0 Å². The van der Waals surface area contributed by atoms with Crippen LogP contribution in [0.25, 0.3) is 0 Å². The fourth-order valence-electron chi connectivity index (χ4n) is 1.22. The molecule has 0 saturated carbocycles. The molecule has 5 nitrogen and oxygen atoms in total. The molecule has 0 spiro atoms. The zero-order chi connectivity index (χ0) is 12.6. The van der Waals surface area contributed by atoms with Gasteiger partial charge in [-0.25, -0.2) is 4.79 Å². The van der Waals surface area contributed by atoms with Gasteiger partial charge in [0.1, 0.15) is 6.04 Å². The SMILES string of the molecule is CCCCC(N)C(=O)NC(CCS)C(=O)O. The molecule has 0 aromatic rings. The van der Waals surface area contributed by atoms with Crippen LogP contribution in [0.3, 0.4) is 0 Å². The number of carbonyl (C=O) groups excluding carboxylic acids is 1. The van der Waals surface area contributed by atoms with Crippen molar-refractivity contribution in [2.75, 3.05) is 5.75 Å². The molecule has 0 aromatic heterocycles. The van der Waals surface area contributed by atoms with E-state index >= 15 is 0 Å². The lowest BCUT2D eigenvalue weighted by Crippen LogP contribution is -2.48. The molecule has 94 valence electrons. The van der Waals surface area contributed by atoms with Gasteiger partial charge in [-0.2, -0.15) is 12.6 Å². The number of thiol groups is 1. The van der Waals surface area contributed by atoms with Crippen molar-refractivity contribution < 1.29 is 14.7 Å². The standard InChI is InChI=1S/C10H20N2O3S/c1-2-3-4-7(11)9(13)12-8(5-6-16)10(14)15/h7-8,16H,2-6,11H2,1H3,(H,12,13)(H,14,15). The van der Waals surface area contributed by atoms with Crippen molar-refractivity contribution in [2.45, 2.75) is 44.7 Å². The zero-order valence-corrected chi connectivity index (χ0v) is 10.4. The van der Waals surface area contributed by atoms with Crippen molar-refractivity contribution in [1.29, 1.82) is 0 Å². The first-order valence-corrected chi connectivity index (χ1v) is 6.05. The van der Waals surface area contributed by atoms with E-state index in [0.29, 0.717) is 18.6 Å². The van der Waals surface area contributed by atoms with Gasteiger partial charge in [-0.05, 0) is 18.6 Å². The van der Waals surface area contributed by atoms with Crippen LogP contribution in [0.15, 0.2) is 0 Å². The third-order valence-electron chi connectivity index (χ3n) is 2.24. The Kier molecular flexibility index (Phi) is 8.01. The first-order valence-electron chi connectivity index (χ1n) is 5.42. The smallest absolute Gasteiger partial charge is 0.326 e. The van der Waals surface area contributed by atoms with E-state index in [9.17, 15) is 9.59 Å². The average molecular weight is 248 g/mol. The van der Waals surface area contributed by atoms with Crippen LogP contribution < -0.4 is 11.1 Å². The van der Waals surface area contributed by atoms with Gasteiger partial charge in [0.15, 0.2) is 0 Å². The Bertz CT molecular complexity index is 236. The Morgan fingerprint density at radius 2 is 2.06 bits per heavy atom. The van der Waals surface area contributed by atoms with E-state index in [1.807, 2.05) is 6.92 Å². The summed E-state index contributed by atoms with van der Waals surface area (Å²) in [7, 11) is 0. The van der Waals surface area contributed by atoms with Crippen LogP contribution in [0, 0.1) is 0 Å². The minimum absolute atomic E-state index is 0.296. The van der Waals surface area contributed by atoms with Crippen LogP contribution in [0.4, 0.5) is 0 Å². The molecule has 1 amide bonds. The molecule has 0 aliphatic heterocycles. The third-order valence-corrected chi connectivity index (χ3v) is 2.50. The molecule has 6 heteroatoms. The second kappa shape index (κ2) is 8.41. The predicted molar refractivity (Wildman–Crippen MR) is 65.5 cm³/mol. The van der Waals surface area contributed by atoms with Crippen LogP contribution >= 0.6 is 12.6 Å². The van der Waals surface area contributed by atoms with Gasteiger partial charge >= 0.3 is 5.97 Å². The minimum Gasteiger partial charge on any atom is -0.480 e. The molecular weight excluding hydrogens is 228 g/mol. The van der Waals surface area contributed by atoms with E-state index in [4.69, 9.17) is 10.8 Å². The Morgan fingerprint density at radius 1 is 1.44 bits per heavy atom. The number of carboxylic acid groups (broad SMARTS) is 1. The van der Waals surface area contributed by atoms with Crippen molar-refractivity contribution in [3.8, 4) is 0 Å². The van der Waals surface area contributed by atoms with Crippen molar-refractivity contribution in [3.63, 3.8) is 0 Å². The molecule has 0 heterocycles. The highest BCUT2D eigenvalue weighted by Crippen LogP contribution is 2.00. The number of amides is 1. The number of aliphatic carboxylic acids is 1. The van der Waals surface area contributed by atoms with Gasteiger partial charge in [-0.15, -0.1) is 0 Å². The number of carbonyl (C=O) groups is 2. The normalized spacial score (nSPS) is 14.2. The molecule has 4 N–H and O–H groups in total. The number of carboxylic acids is 1. The maximum atomic E-state index is 11.5. The molecule has 0 aliphatic carbocycles. The number of unbranched alkanes of at least 4 members (excludes halogenated alkanes) is 1. The number of hydrogen-bond acceptors (Lipinski definition) is 4. The van der Waals surface area contributed by atoms with E-state index in [2.05, 4.69) is 17.9 Å². The average Bonchev–Trinajstić information content (AvgIpc) is 2.24. The third kappa shape index (κ3) is 5.97. The number of nitrogens with two attached hydrogens (primary N) is 1. The van der Waals surface area contributed by atoms with Crippen molar-refractivity contribution >= 4 is 24.5 Å². The summed E-state index contributed by atoms with van der Waals surface area (Å²) in [6.45, 7) is 2.01. The van der Waals surface area contributed by atoms with Crippen molar-refractivity contribution in [2.24, 2.45) is 5.73 Å². The van der Waals surface area contributed by atoms with Crippen molar-refractivity contribution in [3.05, 3.63) is 0 Å². The minimum atomic E-state index is -1.05. The van der Waals surface area contributed by atoms with Crippen LogP contribution in [0.5, 0.6) is 0 Å². The quantitative estimate of drug-likeness (QED) is 0.468. The summed E-state index contributed by atoms with van der Waals surface area (Å²) in [5.41, 5.74) is 5.62. The van der Waals surface area contributed by atoms with E-state index < -0.39 is 24.0 Å². The monoisotopic (exact) mass is 248 g/mol. The van der Waals surface area contributed by atoms with E-state index in [0.717, 1.165) is 12.8 Å². The second-order valence-corrected chi connectivity index (χ2v) is 4.11. The van der Waals surface area contributed by atoms with Crippen LogP contribution in [0.2, 0.25) is 0 Å². The summed E-state index contributed by atoms with van der Waals surface area (Å²) < 4.78 is 0. The molecule has 2 atom stereocenters. The molecule has 0 aromatic carbocycles. The lowest BCUT2D eigenvalue weighted by atomic mass is 10.1. The first kappa shape index (κ1) is 15.2. The Morgan fingerprint density at radius 3 is 2.50 bits per heavy atom. The van der Waals surface area contributed by atoms with E-state index in [1.54, 1.807) is 0 Å². The largest absolute Gasteiger partial charge is 0.480 e. The Labute approximate surface area is 101 Å². The van der Waals surface area contributed by atoms with Gasteiger partial charge in [0.05, 0.1) is 6.04 Å². The zero-order valence-electron chi connectivity index (χ0n) is 9.48. The molecular formula is C10H20N2O3S. The molecule has 0 fully saturated rings. The number of hydrogen-bond donors (Lipinski definition) is 4. The topological polar surface area (TPSA) is 92.4 Å². The van der Waals surface area contributed by atoms with Gasteiger partial charge in [0.2, 0.25) is 5.91 Å². The highest BCUT2D eigenvalue weighted by molar-refractivity contribution is 7.80. The summed E-state index contributed by atoms with van der Waals surface area (Å²) in [6.07, 6.45) is 2.69. The summed E-state index contributed by atoms with van der Waals surface area (Å²) in [6, 6.07) is -1.51. The molecule has 0 bridgehead atoms. The lowest BCUT2D eigenvalue weighted by Gasteiger charge is -2.16. The summed E-state index contributed by atoms with van der Waals surface area (Å²) in [4.78, 5) is 22.3. The maximum absolute atomic E-state index is 11.5. The molecule has 2 unspecified atom stereocenters.